The van der Waals surface area contributed by atoms with Gasteiger partial charge in [0.05, 0.1) is 71.9 Å². The number of hydrogen-bond donors (Lipinski definition) is 5. The van der Waals surface area contributed by atoms with Crippen molar-refractivity contribution >= 4 is 34.5 Å². The molecule has 15 heteroatoms. The number of amides is 2. The summed E-state index contributed by atoms with van der Waals surface area (Å²) in [6.07, 6.45) is 2.95. The second-order valence-electron chi connectivity index (χ2n) is 12.8. The van der Waals surface area contributed by atoms with Crippen LogP contribution in [-0.4, -0.2) is 112 Å². The van der Waals surface area contributed by atoms with E-state index < -0.39 is 17.9 Å². The number of carboxylic acid groups (broad SMARTS) is 1. The van der Waals surface area contributed by atoms with Crippen molar-refractivity contribution in [1.82, 2.24) is 20.6 Å². The Morgan fingerprint density at radius 3 is 2.09 bits per heavy atom. The maximum absolute atomic E-state index is 12.8. The van der Waals surface area contributed by atoms with Crippen molar-refractivity contribution in [2.24, 2.45) is 5.73 Å². The van der Waals surface area contributed by atoms with Crippen molar-refractivity contribution in [2.45, 2.75) is 38.6 Å². The molecule has 4 aromatic rings. The number of benzene rings is 3. The van der Waals surface area contributed by atoms with Crippen molar-refractivity contribution in [3.05, 3.63) is 84.2 Å². The third-order valence-electron chi connectivity index (χ3n) is 8.44. The number of anilines is 1. The Morgan fingerprint density at radius 1 is 0.768 bits per heavy atom. The molecule has 56 heavy (non-hydrogen) atoms. The van der Waals surface area contributed by atoms with Crippen LogP contribution in [0.2, 0.25) is 0 Å². The van der Waals surface area contributed by atoms with Gasteiger partial charge in [0.15, 0.2) is 0 Å². The van der Waals surface area contributed by atoms with Crippen molar-refractivity contribution < 1.29 is 43.2 Å². The van der Waals surface area contributed by atoms with E-state index in [9.17, 15) is 19.5 Å². The highest BCUT2D eigenvalue weighted by Crippen LogP contribution is 2.35. The lowest BCUT2D eigenvalue weighted by molar-refractivity contribution is -0.138. The van der Waals surface area contributed by atoms with Crippen LogP contribution in [0.25, 0.3) is 21.9 Å². The van der Waals surface area contributed by atoms with Crippen molar-refractivity contribution in [1.29, 1.82) is 0 Å². The van der Waals surface area contributed by atoms with E-state index in [4.69, 9.17) is 29.4 Å². The Bertz CT molecular complexity index is 1790. The number of aliphatic carboxylic acids is 1. The number of aryl methyl sites for hydroxylation is 1. The molecule has 0 saturated carbocycles. The van der Waals surface area contributed by atoms with Gasteiger partial charge in [-0.25, -0.2) is 9.97 Å². The monoisotopic (exact) mass is 774 g/mol. The van der Waals surface area contributed by atoms with Crippen LogP contribution in [0.5, 0.6) is 5.75 Å². The molecule has 1 atom stereocenters. The van der Waals surface area contributed by atoms with Crippen LogP contribution in [0.4, 0.5) is 5.95 Å². The van der Waals surface area contributed by atoms with Gasteiger partial charge in [-0.3, -0.25) is 14.4 Å². The summed E-state index contributed by atoms with van der Waals surface area (Å²) in [6, 6.07) is 20.3. The first kappa shape index (κ1) is 43.5. The molecule has 0 spiro atoms. The average Bonchev–Trinajstić information content (AvgIpc) is 3.19. The molecule has 0 aliphatic carbocycles. The van der Waals surface area contributed by atoms with Gasteiger partial charge < -0.3 is 50.5 Å². The Hall–Kier alpha value is -5.19. The molecule has 15 nitrogen and oxygen atoms in total. The van der Waals surface area contributed by atoms with E-state index in [1.165, 1.54) is 0 Å². The minimum Gasteiger partial charge on any atom is -0.491 e. The molecular formula is C41H54N6O9. The van der Waals surface area contributed by atoms with E-state index in [0.29, 0.717) is 90.5 Å². The summed E-state index contributed by atoms with van der Waals surface area (Å²) >= 11 is 0. The minimum absolute atomic E-state index is 0.251. The number of carboxylic acids is 1. The lowest BCUT2D eigenvalue weighted by Gasteiger charge is -2.19. The number of nitrogens with one attached hydrogen (secondary N) is 3. The SMILES string of the molecule is Cc1ccnc(NCCCCC(=O)NCC(=O)N[C@@H](CC(=O)O)c2ccc(-c3ccc(OCCOCCOCCOCCOCCN)c4ccccc34)cc2)n1. The summed E-state index contributed by atoms with van der Waals surface area (Å²) in [7, 11) is 0. The zero-order valence-corrected chi connectivity index (χ0v) is 32.0. The van der Waals surface area contributed by atoms with Crippen LogP contribution in [-0.2, 0) is 33.3 Å². The van der Waals surface area contributed by atoms with E-state index in [2.05, 4.69) is 25.9 Å². The van der Waals surface area contributed by atoms with Crippen molar-refractivity contribution in [3.8, 4) is 16.9 Å². The predicted octanol–water partition coefficient (Wildman–Crippen LogP) is 4.04. The molecule has 0 aliphatic rings. The first-order valence-electron chi connectivity index (χ1n) is 18.9. The Balaban J connectivity index is 1.21. The number of unbranched alkanes of at least 4 members (excludes halogenated alkanes) is 1. The predicted molar refractivity (Wildman–Crippen MR) is 212 cm³/mol. The first-order valence-corrected chi connectivity index (χ1v) is 18.9. The molecule has 0 radical (unpaired) electrons. The second kappa shape index (κ2) is 25.1. The third kappa shape index (κ3) is 15.9. The second-order valence-corrected chi connectivity index (χ2v) is 12.8. The molecule has 0 bridgehead atoms. The van der Waals surface area contributed by atoms with E-state index >= 15 is 0 Å². The molecule has 0 fully saturated rings. The van der Waals surface area contributed by atoms with Gasteiger partial charge in [-0.1, -0.05) is 54.6 Å². The largest absolute Gasteiger partial charge is 0.491 e. The molecular weight excluding hydrogens is 720 g/mol. The average molecular weight is 775 g/mol. The number of rotatable bonds is 28. The number of carbonyl (C=O) groups is 3. The highest BCUT2D eigenvalue weighted by atomic mass is 16.6. The van der Waals surface area contributed by atoms with Gasteiger partial charge in [-0.2, -0.15) is 0 Å². The van der Waals surface area contributed by atoms with E-state index in [-0.39, 0.29) is 25.3 Å². The first-order chi connectivity index (χ1) is 27.3. The van der Waals surface area contributed by atoms with Crippen molar-refractivity contribution in [2.75, 3.05) is 84.4 Å². The van der Waals surface area contributed by atoms with Crippen LogP contribution in [0.1, 0.15) is 43.0 Å². The molecule has 0 saturated heterocycles. The molecule has 0 aliphatic heterocycles. The van der Waals surface area contributed by atoms with Crippen molar-refractivity contribution in [3.63, 3.8) is 0 Å². The standard InChI is InChI=1S/C41H54N6O9/c1-30-15-18-44-41(46-30)43-17-5-4-8-38(48)45-29-39(49)47-36(28-40(50)51)32-11-9-31(10-12-32)33-13-14-37(35-7-3-2-6-34(33)35)56-27-26-55-25-24-54-23-22-53-21-20-52-19-16-42/h2-3,6-7,9-15,18,36H,4-5,8,16-17,19-29,42H2,1H3,(H,45,48)(H,47,49)(H,50,51)(H,43,44,46)/t36-/m0/s1. The molecule has 302 valence electrons. The Labute approximate surface area is 327 Å². The van der Waals surface area contributed by atoms with Gasteiger partial charge in [0.1, 0.15) is 12.4 Å². The fraction of sp³-hybridized carbons (Fsp3) is 0.439. The lowest BCUT2D eigenvalue weighted by Crippen LogP contribution is -2.39. The van der Waals surface area contributed by atoms with Gasteiger partial charge in [-0.15, -0.1) is 0 Å². The number of ether oxygens (including phenoxy) is 5. The fourth-order valence-corrected chi connectivity index (χ4v) is 5.68. The van der Waals surface area contributed by atoms with Crippen LogP contribution in [0, 0.1) is 6.92 Å². The smallest absolute Gasteiger partial charge is 0.305 e. The van der Waals surface area contributed by atoms with Crippen LogP contribution < -0.4 is 26.4 Å². The maximum atomic E-state index is 12.8. The zero-order chi connectivity index (χ0) is 39.8. The Kier molecular flexibility index (Phi) is 19.5. The molecule has 2 amide bonds. The fourth-order valence-electron chi connectivity index (χ4n) is 5.68. The van der Waals surface area contributed by atoms with Gasteiger partial charge in [0, 0.05) is 36.8 Å². The quantitative estimate of drug-likeness (QED) is 0.0518. The third-order valence-corrected chi connectivity index (χ3v) is 8.44. The number of nitrogens with zero attached hydrogens (tertiary/aromatic N) is 2. The minimum atomic E-state index is -1.06. The summed E-state index contributed by atoms with van der Waals surface area (Å²) < 4.78 is 27.9. The van der Waals surface area contributed by atoms with Gasteiger partial charge in [-0.05, 0) is 54.0 Å². The number of carbonyl (C=O) groups excluding carboxylic acids is 2. The Morgan fingerprint density at radius 2 is 1.43 bits per heavy atom. The highest BCUT2D eigenvalue weighted by Gasteiger charge is 2.19. The van der Waals surface area contributed by atoms with Crippen LogP contribution in [0.3, 0.4) is 0 Å². The summed E-state index contributed by atoms with van der Waals surface area (Å²) in [5.74, 6) is -0.523. The molecule has 1 aromatic heterocycles. The highest BCUT2D eigenvalue weighted by molar-refractivity contribution is 6.00. The zero-order valence-electron chi connectivity index (χ0n) is 32.0. The number of aromatic nitrogens is 2. The summed E-state index contributed by atoms with van der Waals surface area (Å²) in [5.41, 5.74) is 8.76. The summed E-state index contributed by atoms with van der Waals surface area (Å²) in [5, 5.41) is 20.0. The van der Waals surface area contributed by atoms with Gasteiger partial charge >= 0.3 is 5.97 Å². The van der Waals surface area contributed by atoms with E-state index in [1.807, 2.05) is 73.7 Å². The molecule has 3 aromatic carbocycles. The normalized spacial score (nSPS) is 11.6. The summed E-state index contributed by atoms with van der Waals surface area (Å²) in [4.78, 5) is 45.3. The molecule has 4 rings (SSSR count). The number of fused-ring (bicyclic) bond motifs is 1. The molecule has 6 N–H and O–H groups in total. The van der Waals surface area contributed by atoms with Crippen LogP contribution in [0.15, 0.2) is 72.9 Å². The number of nitrogens with two attached hydrogens (primary N) is 1. The van der Waals surface area contributed by atoms with E-state index in [0.717, 1.165) is 39.8 Å². The van der Waals surface area contributed by atoms with Crippen LogP contribution >= 0.6 is 0 Å². The number of hydrogen-bond acceptors (Lipinski definition) is 12. The lowest BCUT2D eigenvalue weighted by atomic mass is 9.95. The molecule has 0 unspecified atom stereocenters. The van der Waals surface area contributed by atoms with Gasteiger partial charge in [0.2, 0.25) is 17.8 Å². The summed E-state index contributed by atoms with van der Waals surface area (Å²) in [6.45, 7) is 6.93. The maximum Gasteiger partial charge on any atom is 0.305 e. The molecule has 1 heterocycles. The topological polar surface area (TPSA) is 205 Å². The van der Waals surface area contributed by atoms with Gasteiger partial charge in [0.25, 0.3) is 0 Å². The van der Waals surface area contributed by atoms with E-state index in [1.54, 1.807) is 6.20 Å².